The van der Waals surface area contributed by atoms with Crippen LogP contribution in [0.1, 0.15) is 66.2 Å². The molecule has 1 aliphatic carbocycles. The maximum Gasteiger partial charge on any atom is 0.428 e. The summed E-state index contributed by atoms with van der Waals surface area (Å²) in [7, 11) is 0. The van der Waals surface area contributed by atoms with Gasteiger partial charge in [-0.1, -0.05) is 55.9 Å². The van der Waals surface area contributed by atoms with Gasteiger partial charge in [0.2, 0.25) is 6.43 Å². The van der Waals surface area contributed by atoms with E-state index in [9.17, 15) is 43.9 Å². The molecular formula is C35H37F11O2. The van der Waals surface area contributed by atoms with Crippen molar-refractivity contribution >= 4 is 0 Å². The van der Waals surface area contributed by atoms with Gasteiger partial charge >= 0.3 is 12.2 Å². The topological polar surface area (TPSA) is 18.5 Å². The SMILES string of the molecule is C/C=C/CC/C(C)=C/C=C(CC)/C(=C/C=C(\CF)C1=CC(F)=C(C(F)(F)Oc2cc(F)c(OC(F)(F)CC(F)F)c(F)c2)C(F)C1)CC. The predicted octanol–water partition coefficient (Wildman–Crippen LogP) is 12.3. The minimum Gasteiger partial charge on any atom is -0.429 e. The molecule has 1 aliphatic rings. The minimum atomic E-state index is -4.86. The van der Waals surface area contributed by atoms with Crippen molar-refractivity contribution in [3.8, 4) is 11.5 Å². The Bertz CT molecular complexity index is 1460. The highest BCUT2D eigenvalue weighted by molar-refractivity contribution is 5.47. The van der Waals surface area contributed by atoms with Crippen LogP contribution in [0.3, 0.4) is 0 Å². The molecule has 2 rings (SSSR count). The van der Waals surface area contributed by atoms with Crippen LogP contribution in [0.15, 0.2) is 93.9 Å². The maximum absolute atomic E-state index is 15.1. The molecule has 1 aromatic rings. The van der Waals surface area contributed by atoms with Crippen LogP contribution in [0.2, 0.25) is 0 Å². The molecule has 0 spiro atoms. The molecule has 0 amide bonds. The maximum atomic E-state index is 15.1. The number of hydrogen-bond acceptors (Lipinski definition) is 2. The number of alkyl halides is 8. The molecule has 0 fully saturated rings. The summed E-state index contributed by atoms with van der Waals surface area (Å²) in [5.41, 5.74) is 0.630. The van der Waals surface area contributed by atoms with Gasteiger partial charge in [-0.3, -0.25) is 0 Å². The lowest BCUT2D eigenvalue weighted by atomic mass is 9.90. The monoisotopic (exact) mass is 698 g/mol. The molecule has 0 heterocycles. The Morgan fingerprint density at radius 1 is 0.938 bits per heavy atom. The van der Waals surface area contributed by atoms with Crippen molar-refractivity contribution in [2.75, 3.05) is 6.67 Å². The van der Waals surface area contributed by atoms with Crippen LogP contribution in [0.5, 0.6) is 11.5 Å². The molecular weight excluding hydrogens is 661 g/mol. The molecule has 0 saturated heterocycles. The number of benzene rings is 1. The van der Waals surface area contributed by atoms with Gasteiger partial charge in [0.25, 0.3) is 0 Å². The lowest BCUT2D eigenvalue weighted by Gasteiger charge is -2.27. The van der Waals surface area contributed by atoms with Crippen LogP contribution in [-0.4, -0.2) is 31.5 Å². The van der Waals surface area contributed by atoms with E-state index in [1.54, 1.807) is 6.08 Å². The zero-order valence-electron chi connectivity index (χ0n) is 26.8. The van der Waals surface area contributed by atoms with Gasteiger partial charge in [-0.2, -0.15) is 17.6 Å². The van der Waals surface area contributed by atoms with E-state index in [4.69, 9.17) is 0 Å². The van der Waals surface area contributed by atoms with E-state index in [0.717, 1.165) is 29.6 Å². The standard InChI is InChI=1S/C35H37F11O2/c1-5-8-9-10-21(4)11-12-22(6-2)23(7-3)13-14-24(20-36)25-15-27(37)32(28(38)16-25)35(45,46)47-26-17-29(39)33(30(40)18-26)48-34(43,44)19-31(41)42/h5,8,11-15,17-18,28,31H,6-7,9-10,16,19-20H2,1-4H3/b8-5+,21-11+,22-12+,23-13+,24-14+. The van der Waals surface area contributed by atoms with Crippen molar-refractivity contribution in [1.82, 2.24) is 0 Å². The first-order chi connectivity index (χ1) is 22.5. The van der Waals surface area contributed by atoms with Crippen LogP contribution in [0, 0.1) is 11.6 Å². The molecule has 1 unspecified atom stereocenters. The van der Waals surface area contributed by atoms with Crippen molar-refractivity contribution in [3.63, 3.8) is 0 Å². The van der Waals surface area contributed by atoms with Crippen molar-refractivity contribution in [1.29, 1.82) is 0 Å². The summed E-state index contributed by atoms with van der Waals surface area (Å²) < 4.78 is 162. The highest BCUT2D eigenvalue weighted by Gasteiger charge is 2.47. The molecule has 13 heteroatoms. The van der Waals surface area contributed by atoms with Crippen molar-refractivity contribution < 1.29 is 57.8 Å². The first-order valence-electron chi connectivity index (χ1n) is 15.1. The molecule has 2 nitrogen and oxygen atoms in total. The first-order valence-corrected chi connectivity index (χ1v) is 15.1. The van der Waals surface area contributed by atoms with Crippen LogP contribution in [0.25, 0.3) is 0 Å². The summed E-state index contributed by atoms with van der Waals surface area (Å²) >= 11 is 0. The summed E-state index contributed by atoms with van der Waals surface area (Å²) in [6.45, 7) is 6.55. The van der Waals surface area contributed by atoms with Gasteiger partial charge in [0, 0.05) is 18.6 Å². The van der Waals surface area contributed by atoms with E-state index in [0.29, 0.717) is 18.9 Å². The second-order valence-corrected chi connectivity index (χ2v) is 10.8. The predicted molar refractivity (Wildman–Crippen MR) is 162 cm³/mol. The Morgan fingerprint density at radius 3 is 2.02 bits per heavy atom. The zero-order chi connectivity index (χ0) is 36.2. The fraction of sp³-hybridized carbons (Fsp3) is 0.429. The number of halogens is 11. The van der Waals surface area contributed by atoms with Crippen LogP contribution >= 0.6 is 0 Å². The third-order valence-electron chi connectivity index (χ3n) is 7.17. The molecule has 0 N–H and O–H groups in total. The number of ether oxygens (including phenoxy) is 2. The van der Waals surface area contributed by atoms with E-state index < -0.39 is 78.9 Å². The van der Waals surface area contributed by atoms with E-state index >= 15 is 4.39 Å². The normalized spacial score (nSPS) is 17.5. The highest BCUT2D eigenvalue weighted by Crippen LogP contribution is 2.42. The van der Waals surface area contributed by atoms with E-state index in [1.165, 1.54) is 6.08 Å². The quantitative estimate of drug-likeness (QED) is 0.0916. The third-order valence-corrected chi connectivity index (χ3v) is 7.17. The summed E-state index contributed by atoms with van der Waals surface area (Å²) in [5.74, 6) is -9.16. The van der Waals surface area contributed by atoms with Crippen LogP contribution < -0.4 is 9.47 Å². The molecule has 0 saturated carbocycles. The average Bonchev–Trinajstić information content (AvgIpc) is 2.97. The molecule has 48 heavy (non-hydrogen) atoms. The van der Waals surface area contributed by atoms with Crippen LogP contribution in [-0.2, 0) is 0 Å². The Balaban J connectivity index is 2.37. The van der Waals surface area contributed by atoms with Crippen molar-refractivity contribution in [2.24, 2.45) is 0 Å². The van der Waals surface area contributed by atoms with Gasteiger partial charge < -0.3 is 9.47 Å². The molecule has 0 aromatic heterocycles. The van der Waals surface area contributed by atoms with Gasteiger partial charge in [0.15, 0.2) is 17.4 Å². The zero-order valence-corrected chi connectivity index (χ0v) is 26.8. The highest BCUT2D eigenvalue weighted by atomic mass is 19.3. The van der Waals surface area contributed by atoms with Gasteiger partial charge in [-0.15, -0.1) is 0 Å². The molecule has 1 aromatic carbocycles. The molecule has 0 radical (unpaired) electrons. The average molecular weight is 699 g/mol. The molecule has 1 atom stereocenters. The lowest BCUT2D eigenvalue weighted by molar-refractivity contribution is -0.201. The van der Waals surface area contributed by atoms with E-state index in [-0.39, 0.29) is 23.3 Å². The van der Waals surface area contributed by atoms with Gasteiger partial charge in [0.1, 0.15) is 36.4 Å². The molecule has 0 aliphatic heterocycles. The number of rotatable bonds is 17. The summed E-state index contributed by atoms with van der Waals surface area (Å²) in [6, 6.07) is -0.107. The Morgan fingerprint density at radius 2 is 1.52 bits per heavy atom. The van der Waals surface area contributed by atoms with Gasteiger partial charge in [-0.05, 0) is 67.9 Å². The first kappa shape index (κ1) is 40.4. The van der Waals surface area contributed by atoms with Gasteiger partial charge in [-0.25, -0.2) is 30.7 Å². The fourth-order valence-electron chi connectivity index (χ4n) is 4.69. The lowest BCUT2D eigenvalue weighted by Crippen LogP contribution is -2.35. The summed E-state index contributed by atoms with van der Waals surface area (Å²) in [6.07, 6.45) is -4.80. The number of allylic oxidation sites excluding steroid dienone is 13. The van der Waals surface area contributed by atoms with Crippen LogP contribution in [0.4, 0.5) is 48.3 Å². The summed E-state index contributed by atoms with van der Waals surface area (Å²) in [5, 5.41) is 0. The Hall–Kier alpha value is -3.77. The Kier molecular flexibility index (Phi) is 15.3. The molecule has 0 bridgehead atoms. The molecule has 266 valence electrons. The third kappa shape index (κ3) is 11.7. The van der Waals surface area contributed by atoms with Crippen molar-refractivity contribution in [3.05, 3.63) is 106 Å². The second-order valence-electron chi connectivity index (χ2n) is 10.8. The number of hydrogen-bond donors (Lipinski definition) is 0. The smallest absolute Gasteiger partial charge is 0.428 e. The summed E-state index contributed by atoms with van der Waals surface area (Å²) in [4.78, 5) is 0. The minimum absolute atomic E-state index is 0.0535. The largest absolute Gasteiger partial charge is 0.429 e. The van der Waals surface area contributed by atoms with E-state index in [1.807, 2.05) is 45.9 Å². The fourth-order valence-corrected chi connectivity index (χ4v) is 4.69. The Labute approximate surface area is 272 Å². The van der Waals surface area contributed by atoms with E-state index in [2.05, 4.69) is 15.5 Å². The second kappa shape index (κ2) is 18.1. The van der Waals surface area contributed by atoms with Gasteiger partial charge in [0.05, 0.1) is 0 Å². The van der Waals surface area contributed by atoms with Crippen molar-refractivity contribution in [2.45, 2.75) is 91.0 Å².